The second-order valence-electron chi connectivity index (χ2n) is 7.16. The van der Waals surface area contributed by atoms with Crippen LogP contribution < -0.4 is 0 Å². The number of hydrogen-bond donors (Lipinski definition) is 1. The van der Waals surface area contributed by atoms with Crippen LogP contribution in [0.1, 0.15) is 26.3 Å². The van der Waals surface area contributed by atoms with Crippen molar-refractivity contribution in [2.45, 2.75) is 50.6 Å². The fourth-order valence-corrected chi connectivity index (χ4v) is 3.63. The fourth-order valence-electron chi connectivity index (χ4n) is 1.70. The molecule has 132 valence electrons. The summed E-state index contributed by atoms with van der Waals surface area (Å²) in [5.41, 5.74) is 0.438. The second kappa shape index (κ2) is 7.19. The first kappa shape index (κ1) is 20.6. The van der Waals surface area contributed by atoms with E-state index in [2.05, 4.69) is 0 Å². The fraction of sp³-hybridized carbons (Fsp3) is 0.600. The zero-order valence-corrected chi connectivity index (χ0v) is 16.6. The Balaban J connectivity index is 2.93. The Morgan fingerprint density at radius 1 is 1.35 bits per heavy atom. The van der Waals surface area contributed by atoms with Crippen molar-refractivity contribution >= 4 is 30.0 Å². The standard InChI is InChI=1S/C15H24ClFO4SSi/c1-15(2,3)23(4,5)21-10-12(22(18,19)20)8-11-6-7-13(16)14(17)9-11/h6-7,9,12H,8,10H2,1-5H3,(H,18,19,20)/t12-/m1/s1. The predicted molar refractivity (Wildman–Crippen MR) is 93.6 cm³/mol. The normalized spacial score (nSPS) is 14.8. The van der Waals surface area contributed by atoms with Gasteiger partial charge in [-0.15, -0.1) is 0 Å². The zero-order valence-electron chi connectivity index (χ0n) is 14.1. The van der Waals surface area contributed by atoms with Gasteiger partial charge in [-0.2, -0.15) is 8.42 Å². The smallest absolute Gasteiger partial charge is 0.270 e. The summed E-state index contributed by atoms with van der Waals surface area (Å²) >= 11 is 5.62. The molecule has 1 aromatic rings. The summed E-state index contributed by atoms with van der Waals surface area (Å²) in [5.74, 6) is -0.622. The van der Waals surface area contributed by atoms with Gasteiger partial charge in [-0.3, -0.25) is 4.55 Å². The highest BCUT2D eigenvalue weighted by Gasteiger charge is 2.38. The summed E-state index contributed by atoms with van der Waals surface area (Å²) in [6.07, 6.45) is -0.0401. The van der Waals surface area contributed by atoms with E-state index >= 15 is 0 Å². The van der Waals surface area contributed by atoms with E-state index in [0.717, 1.165) is 0 Å². The molecule has 0 radical (unpaired) electrons. The van der Waals surface area contributed by atoms with Gasteiger partial charge in [-0.05, 0) is 42.2 Å². The Morgan fingerprint density at radius 3 is 2.35 bits per heavy atom. The molecule has 4 nitrogen and oxygen atoms in total. The monoisotopic (exact) mass is 382 g/mol. The maximum absolute atomic E-state index is 13.5. The molecule has 1 atom stereocenters. The molecule has 0 bridgehead atoms. The van der Waals surface area contributed by atoms with E-state index < -0.39 is 29.5 Å². The molecular formula is C15H24ClFO4SSi. The lowest BCUT2D eigenvalue weighted by Gasteiger charge is -2.37. The van der Waals surface area contributed by atoms with E-state index in [0.29, 0.717) is 5.56 Å². The van der Waals surface area contributed by atoms with Crippen molar-refractivity contribution in [2.24, 2.45) is 0 Å². The first-order valence-corrected chi connectivity index (χ1v) is 12.1. The maximum atomic E-state index is 13.5. The molecule has 0 saturated heterocycles. The minimum Gasteiger partial charge on any atom is -0.415 e. The highest BCUT2D eigenvalue weighted by atomic mass is 35.5. The molecule has 1 rings (SSSR count). The molecule has 0 amide bonds. The molecule has 0 aliphatic rings. The van der Waals surface area contributed by atoms with Gasteiger partial charge in [0.1, 0.15) is 11.1 Å². The van der Waals surface area contributed by atoms with E-state index in [1.807, 2.05) is 33.9 Å². The van der Waals surface area contributed by atoms with Gasteiger partial charge in [-0.1, -0.05) is 38.4 Å². The predicted octanol–water partition coefficient (Wildman–Crippen LogP) is 4.30. The number of halogens is 2. The van der Waals surface area contributed by atoms with Crippen LogP contribution in [0.4, 0.5) is 4.39 Å². The third kappa shape index (κ3) is 5.83. The lowest BCUT2D eigenvalue weighted by molar-refractivity contribution is 0.277. The molecule has 0 saturated carbocycles. The number of hydrogen-bond acceptors (Lipinski definition) is 3. The average Bonchev–Trinajstić information content (AvgIpc) is 2.35. The SMILES string of the molecule is CC(C)(C)[Si](C)(C)OC[C@@H](Cc1ccc(Cl)c(F)c1)S(=O)(=O)O. The average molecular weight is 383 g/mol. The first-order chi connectivity index (χ1) is 10.2. The molecule has 23 heavy (non-hydrogen) atoms. The van der Waals surface area contributed by atoms with Crippen LogP contribution in [0.5, 0.6) is 0 Å². The largest absolute Gasteiger partial charge is 0.415 e. The third-order valence-electron chi connectivity index (χ3n) is 4.30. The van der Waals surface area contributed by atoms with E-state index in [1.54, 1.807) is 0 Å². The van der Waals surface area contributed by atoms with Gasteiger partial charge in [0.2, 0.25) is 0 Å². The summed E-state index contributed by atoms with van der Waals surface area (Å²) in [5, 5.41) is -1.25. The van der Waals surface area contributed by atoms with Crippen molar-refractivity contribution < 1.29 is 21.8 Å². The molecule has 0 aliphatic carbocycles. The topological polar surface area (TPSA) is 63.6 Å². The van der Waals surface area contributed by atoms with Gasteiger partial charge < -0.3 is 4.43 Å². The molecule has 0 aromatic heterocycles. The van der Waals surface area contributed by atoms with Gasteiger partial charge in [0.05, 0.1) is 11.6 Å². The van der Waals surface area contributed by atoms with Crippen LogP contribution in [-0.4, -0.2) is 33.1 Å². The summed E-state index contributed by atoms with van der Waals surface area (Å²) in [6.45, 7) is 9.98. The second-order valence-corrected chi connectivity index (χ2v) is 14.1. The molecule has 0 aliphatic heterocycles. The minimum absolute atomic E-state index is 0.0327. The Hall–Kier alpha value is -0.473. The van der Waals surface area contributed by atoms with Gasteiger partial charge in [-0.25, -0.2) is 4.39 Å². The van der Waals surface area contributed by atoms with E-state index in [1.165, 1.54) is 18.2 Å². The van der Waals surface area contributed by atoms with Crippen molar-refractivity contribution in [1.82, 2.24) is 0 Å². The van der Waals surface area contributed by atoms with Crippen molar-refractivity contribution in [1.29, 1.82) is 0 Å². The lowest BCUT2D eigenvalue weighted by Crippen LogP contribution is -2.44. The van der Waals surface area contributed by atoms with Crippen molar-refractivity contribution in [2.75, 3.05) is 6.61 Å². The van der Waals surface area contributed by atoms with Gasteiger partial charge in [0.25, 0.3) is 10.1 Å². The maximum Gasteiger partial charge on any atom is 0.270 e. The van der Waals surface area contributed by atoms with Crippen LogP contribution in [0.2, 0.25) is 23.2 Å². The van der Waals surface area contributed by atoms with Crippen molar-refractivity contribution in [3.63, 3.8) is 0 Å². The molecule has 1 aromatic carbocycles. The van der Waals surface area contributed by atoms with Crippen molar-refractivity contribution in [3.8, 4) is 0 Å². The van der Waals surface area contributed by atoms with Crippen LogP contribution in [0.25, 0.3) is 0 Å². The van der Waals surface area contributed by atoms with Crippen LogP contribution in [0.15, 0.2) is 18.2 Å². The minimum atomic E-state index is -4.31. The Bertz CT molecular complexity index is 656. The summed E-state index contributed by atoms with van der Waals surface area (Å²) in [6, 6.07) is 4.07. The van der Waals surface area contributed by atoms with Gasteiger partial charge in [0, 0.05) is 0 Å². The van der Waals surface area contributed by atoms with Crippen LogP contribution in [-0.2, 0) is 21.0 Å². The molecule has 0 spiro atoms. The Morgan fingerprint density at radius 2 is 1.91 bits per heavy atom. The van der Waals surface area contributed by atoms with Crippen LogP contribution >= 0.6 is 11.6 Å². The van der Waals surface area contributed by atoms with Crippen LogP contribution in [0, 0.1) is 5.82 Å². The Labute approximate surface area is 143 Å². The highest BCUT2D eigenvalue weighted by molar-refractivity contribution is 7.86. The molecule has 0 unspecified atom stereocenters. The van der Waals surface area contributed by atoms with E-state index in [-0.39, 0.29) is 23.1 Å². The lowest BCUT2D eigenvalue weighted by atomic mass is 10.1. The Kier molecular flexibility index (Phi) is 6.43. The first-order valence-electron chi connectivity index (χ1n) is 7.28. The van der Waals surface area contributed by atoms with Gasteiger partial charge in [0.15, 0.2) is 8.32 Å². The highest BCUT2D eigenvalue weighted by Crippen LogP contribution is 2.36. The number of rotatable bonds is 6. The van der Waals surface area contributed by atoms with Crippen molar-refractivity contribution in [3.05, 3.63) is 34.6 Å². The third-order valence-corrected chi connectivity index (χ3v) is 10.3. The summed E-state index contributed by atoms with van der Waals surface area (Å²) in [7, 11) is -6.47. The van der Waals surface area contributed by atoms with Gasteiger partial charge >= 0.3 is 0 Å². The van der Waals surface area contributed by atoms with E-state index in [9.17, 15) is 17.4 Å². The van der Waals surface area contributed by atoms with E-state index in [4.69, 9.17) is 16.0 Å². The molecule has 0 fully saturated rings. The quantitative estimate of drug-likeness (QED) is 0.588. The summed E-state index contributed by atoms with van der Waals surface area (Å²) < 4.78 is 52.1. The summed E-state index contributed by atoms with van der Waals surface area (Å²) in [4.78, 5) is 0. The van der Waals surface area contributed by atoms with Crippen LogP contribution in [0.3, 0.4) is 0 Å². The molecule has 0 heterocycles. The number of benzene rings is 1. The molecule has 1 N–H and O–H groups in total. The zero-order chi connectivity index (χ0) is 18.1. The molecule has 8 heteroatoms. The molecular weight excluding hydrogens is 359 g/mol.